The average Bonchev–Trinajstić information content (AvgIpc) is 3.01. The molecular formula is C33H39Cl2N3O5S. The summed E-state index contributed by atoms with van der Waals surface area (Å²) in [5.41, 5.74) is 1.46. The Bertz CT molecular complexity index is 1540. The second-order valence-corrected chi connectivity index (χ2v) is 13.7. The monoisotopic (exact) mass is 659 g/mol. The van der Waals surface area contributed by atoms with Crippen LogP contribution in [0, 0.1) is 6.92 Å². The van der Waals surface area contributed by atoms with Crippen molar-refractivity contribution in [1.82, 2.24) is 10.2 Å². The normalized spacial score (nSPS) is 14.5. The molecular weight excluding hydrogens is 621 g/mol. The average molecular weight is 661 g/mol. The smallest absolute Gasteiger partial charge is 0.264 e. The highest BCUT2D eigenvalue weighted by molar-refractivity contribution is 7.92. The largest absolute Gasteiger partial charge is 0.495 e. The first-order valence-corrected chi connectivity index (χ1v) is 17.0. The SMILES string of the molecule is CCC(C(=O)NC1CCCCC1)N(Cc1c(Cl)cccc1Cl)C(=O)CN(c1cc(C)ccc1OC)S(=O)(=O)c1ccccc1. The zero-order valence-corrected chi connectivity index (χ0v) is 27.6. The molecule has 2 amide bonds. The molecule has 1 atom stereocenters. The molecule has 0 saturated heterocycles. The second kappa shape index (κ2) is 15.1. The summed E-state index contributed by atoms with van der Waals surface area (Å²) in [5, 5.41) is 3.82. The maximum Gasteiger partial charge on any atom is 0.264 e. The molecule has 1 aliphatic carbocycles. The number of carbonyl (C=O) groups excluding carboxylic acids is 2. The Morgan fingerprint density at radius 3 is 2.25 bits per heavy atom. The van der Waals surface area contributed by atoms with Crippen LogP contribution in [-0.2, 0) is 26.2 Å². The van der Waals surface area contributed by atoms with Crippen molar-refractivity contribution in [3.05, 3.63) is 87.9 Å². The number of benzene rings is 3. The summed E-state index contributed by atoms with van der Waals surface area (Å²) < 4.78 is 34.9. The van der Waals surface area contributed by atoms with Gasteiger partial charge >= 0.3 is 0 Å². The molecule has 1 aliphatic rings. The highest BCUT2D eigenvalue weighted by atomic mass is 35.5. The van der Waals surface area contributed by atoms with Gasteiger partial charge in [0.15, 0.2) is 0 Å². The van der Waals surface area contributed by atoms with E-state index in [1.165, 1.54) is 24.1 Å². The molecule has 3 aromatic rings. The van der Waals surface area contributed by atoms with E-state index in [0.29, 0.717) is 22.0 Å². The van der Waals surface area contributed by atoms with E-state index in [1.54, 1.807) is 54.6 Å². The van der Waals surface area contributed by atoms with Crippen molar-refractivity contribution in [1.29, 1.82) is 0 Å². The molecule has 1 fully saturated rings. The fourth-order valence-electron chi connectivity index (χ4n) is 5.55. The number of hydrogen-bond donors (Lipinski definition) is 1. The third-order valence-electron chi connectivity index (χ3n) is 7.94. The van der Waals surface area contributed by atoms with Crippen molar-refractivity contribution in [2.75, 3.05) is 18.0 Å². The van der Waals surface area contributed by atoms with Crippen molar-refractivity contribution >= 4 is 50.7 Å². The van der Waals surface area contributed by atoms with E-state index >= 15 is 0 Å². The van der Waals surface area contributed by atoms with E-state index < -0.39 is 28.5 Å². The molecule has 0 bridgehead atoms. The zero-order chi connectivity index (χ0) is 31.9. The lowest BCUT2D eigenvalue weighted by Crippen LogP contribution is -2.54. The Morgan fingerprint density at radius 2 is 1.64 bits per heavy atom. The Hall–Kier alpha value is -3.27. The van der Waals surface area contributed by atoms with Crippen LogP contribution in [0.25, 0.3) is 0 Å². The summed E-state index contributed by atoms with van der Waals surface area (Å²) >= 11 is 13.1. The summed E-state index contributed by atoms with van der Waals surface area (Å²) in [4.78, 5) is 29.6. The number of carbonyl (C=O) groups is 2. The molecule has 1 N–H and O–H groups in total. The van der Waals surface area contributed by atoms with Crippen LogP contribution < -0.4 is 14.4 Å². The van der Waals surface area contributed by atoms with Gasteiger partial charge in [-0.05, 0) is 68.1 Å². The van der Waals surface area contributed by atoms with Gasteiger partial charge < -0.3 is 15.0 Å². The predicted molar refractivity (Wildman–Crippen MR) is 175 cm³/mol. The number of ether oxygens (including phenoxy) is 1. The van der Waals surface area contributed by atoms with E-state index in [1.807, 2.05) is 13.8 Å². The van der Waals surface area contributed by atoms with Crippen molar-refractivity contribution in [3.8, 4) is 5.75 Å². The van der Waals surface area contributed by atoms with Crippen LogP contribution in [0.1, 0.15) is 56.6 Å². The minimum Gasteiger partial charge on any atom is -0.495 e. The standard InChI is InChI=1S/C33H39Cl2N3O5S/c1-4-29(33(40)36-24-12-7-5-8-13-24)37(21-26-27(34)16-11-17-28(26)35)32(39)22-38(30-20-23(2)18-19-31(30)43-3)44(41,42)25-14-9-6-10-15-25/h6,9-11,14-20,24,29H,4-5,7-8,12-13,21-22H2,1-3H3,(H,36,40). The number of sulfonamides is 1. The maximum absolute atomic E-state index is 14.4. The molecule has 0 spiro atoms. The Labute approximate surface area is 270 Å². The van der Waals surface area contributed by atoms with Crippen LogP contribution in [0.3, 0.4) is 0 Å². The number of hydrogen-bond acceptors (Lipinski definition) is 5. The van der Waals surface area contributed by atoms with Crippen molar-refractivity contribution in [2.45, 2.75) is 75.9 Å². The Kier molecular flexibility index (Phi) is 11.6. The molecule has 236 valence electrons. The molecule has 0 aromatic heterocycles. The van der Waals surface area contributed by atoms with Crippen molar-refractivity contribution < 1.29 is 22.7 Å². The first-order chi connectivity index (χ1) is 21.1. The maximum atomic E-state index is 14.4. The van der Waals surface area contributed by atoms with Crippen molar-refractivity contribution in [3.63, 3.8) is 0 Å². The Balaban J connectivity index is 1.78. The number of nitrogens with zero attached hydrogens (tertiary/aromatic N) is 2. The van der Waals surface area contributed by atoms with Gasteiger partial charge in [0.1, 0.15) is 18.3 Å². The quantitative estimate of drug-likeness (QED) is 0.232. The molecule has 44 heavy (non-hydrogen) atoms. The third kappa shape index (κ3) is 7.86. The number of methoxy groups -OCH3 is 1. The number of rotatable bonds is 12. The lowest BCUT2D eigenvalue weighted by atomic mass is 9.95. The minimum atomic E-state index is -4.24. The topological polar surface area (TPSA) is 96.0 Å². The molecule has 11 heteroatoms. The number of halogens is 2. The first-order valence-electron chi connectivity index (χ1n) is 14.8. The van der Waals surface area contributed by atoms with E-state index in [4.69, 9.17) is 27.9 Å². The van der Waals surface area contributed by atoms with Gasteiger partial charge in [-0.25, -0.2) is 8.42 Å². The van der Waals surface area contributed by atoms with Gasteiger partial charge in [0.25, 0.3) is 10.0 Å². The fraction of sp³-hybridized carbons (Fsp3) is 0.394. The van der Waals surface area contributed by atoms with Crippen LogP contribution in [0.2, 0.25) is 10.0 Å². The van der Waals surface area contributed by atoms with Crippen LogP contribution in [0.15, 0.2) is 71.6 Å². The highest BCUT2D eigenvalue weighted by Gasteiger charge is 2.36. The summed E-state index contributed by atoms with van der Waals surface area (Å²) in [6.07, 6.45) is 5.25. The van der Waals surface area contributed by atoms with Crippen LogP contribution in [0.4, 0.5) is 5.69 Å². The third-order valence-corrected chi connectivity index (χ3v) is 10.4. The van der Waals surface area contributed by atoms with Crippen LogP contribution in [-0.4, -0.2) is 50.9 Å². The van der Waals surface area contributed by atoms with Gasteiger partial charge in [-0.2, -0.15) is 0 Å². The summed E-state index contributed by atoms with van der Waals surface area (Å²) in [7, 11) is -2.80. The molecule has 1 unspecified atom stereocenters. The van der Waals surface area contributed by atoms with Gasteiger partial charge in [-0.3, -0.25) is 13.9 Å². The van der Waals surface area contributed by atoms with Gasteiger partial charge in [0.05, 0.1) is 17.7 Å². The van der Waals surface area contributed by atoms with E-state index in [9.17, 15) is 18.0 Å². The van der Waals surface area contributed by atoms with E-state index in [-0.39, 0.29) is 34.8 Å². The van der Waals surface area contributed by atoms with Crippen LogP contribution in [0.5, 0.6) is 5.75 Å². The molecule has 4 rings (SSSR count). The zero-order valence-electron chi connectivity index (χ0n) is 25.3. The summed E-state index contributed by atoms with van der Waals surface area (Å²) in [5.74, 6) is -0.595. The number of nitrogens with one attached hydrogen (secondary N) is 1. The molecule has 1 saturated carbocycles. The number of aryl methyl sites for hydroxylation is 1. The lowest BCUT2D eigenvalue weighted by molar-refractivity contribution is -0.140. The summed E-state index contributed by atoms with van der Waals surface area (Å²) in [6, 6.07) is 17.2. The molecule has 0 radical (unpaired) electrons. The predicted octanol–water partition coefficient (Wildman–Crippen LogP) is 6.76. The minimum absolute atomic E-state index is 0.0131. The molecule has 0 aliphatic heterocycles. The molecule has 0 heterocycles. The summed E-state index contributed by atoms with van der Waals surface area (Å²) in [6.45, 7) is 2.97. The second-order valence-electron chi connectivity index (χ2n) is 11.0. The first kappa shape index (κ1) is 33.6. The van der Waals surface area contributed by atoms with Crippen LogP contribution >= 0.6 is 23.2 Å². The van der Waals surface area contributed by atoms with E-state index in [2.05, 4.69) is 5.32 Å². The van der Waals surface area contributed by atoms with E-state index in [0.717, 1.165) is 42.0 Å². The number of anilines is 1. The fourth-order valence-corrected chi connectivity index (χ4v) is 7.50. The molecule has 8 nitrogen and oxygen atoms in total. The Morgan fingerprint density at radius 1 is 0.977 bits per heavy atom. The van der Waals surface area contributed by atoms with Gasteiger partial charge in [-0.15, -0.1) is 0 Å². The molecule has 3 aromatic carbocycles. The lowest BCUT2D eigenvalue weighted by Gasteiger charge is -2.35. The van der Waals surface area contributed by atoms with Gasteiger partial charge in [-0.1, -0.05) is 79.7 Å². The van der Waals surface area contributed by atoms with Crippen molar-refractivity contribution in [2.24, 2.45) is 0 Å². The highest BCUT2D eigenvalue weighted by Crippen LogP contribution is 2.34. The number of amides is 2. The van der Waals surface area contributed by atoms with Gasteiger partial charge in [0.2, 0.25) is 11.8 Å². The van der Waals surface area contributed by atoms with Gasteiger partial charge in [0, 0.05) is 28.2 Å².